The number of para-hydroxylation sites is 1. The highest BCUT2D eigenvalue weighted by Crippen LogP contribution is 2.34. The Bertz CT molecular complexity index is 367. The molecule has 15 heavy (non-hydrogen) atoms. The summed E-state index contributed by atoms with van der Waals surface area (Å²) in [6.45, 7) is 6.39. The topological polar surface area (TPSA) is 32.6 Å². The van der Waals surface area contributed by atoms with Crippen molar-refractivity contribution in [1.29, 1.82) is 0 Å². The zero-order chi connectivity index (χ0) is 11.5. The van der Waals surface area contributed by atoms with Crippen LogP contribution in [0.3, 0.4) is 0 Å². The SMILES string of the molecule is CCC(C)(C)c1cccc(C=NC)c1O. The van der Waals surface area contributed by atoms with Crippen LogP contribution >= 0.6 is 0 Å². The lowest BCUT2D eigenvalue weighted by Crippen LogP contribution is -2.16. The fourth-order valence-electron chi connectivity index (χ4n) is 1.54. The third kappa shape index (κ3) is 2.38. The molecule has 82 valence electrons. The van der Waals surface area contributed by atoms with Crippen LogP contribution in [-0.2, 0) is 5.41 Å². The molecule has 0 aromatic heterocycles. The first-order chi connectivity index (χ1) is 7.03. The van der Waals surface area contributed by atoms with E-state index < -0.39 is 0 Å². The van der Waals surface area contributed by atoms with Crippen molar-refractivity contribution in [2.45, 2.75) is 32.6 Å². The molecular weight excluding hydrogens is 186 g/mol. The zero-order valence-electron chi connectivity index (χ0n) is 9.91. The summed E-state index contributed by atoms with van der Waals surface area (Å²) in [5.41, 5.74) is 1.78. The smallest absolute Gasteiger partial charge is 0.128 e. The van der Waals surface area contributed by atoms with E-state index in [9.17, 15) is 5.11 Å². The summed E-state index contributed by atoms with van der Waals surface area (Å²) in [5.74, 6) is 0.356. The number of nitrogens with zero attached hydrogens (tertiary/aromatic N) is 1. The van der Waals surface area contributed by atoms with Crippen molar-refractivity contribution >= 4 is 6.21 Å². The number of hydrogen-bond donors (Lipinski definition) is 1. The molecule has 0 bridgehead atoms. The van der Waals surface area contributed by atoms with Gasteiger partial charge < -0.3 is 5.11 Å². The summed E-state index contributed by atoms with van der Waals surface area (Å²) in [6, 6.07) is 5.81. The van der Waals surface area contributed by atoms with Crippen LogP contribution in [0, 0.1) is 0 Å². The Morgan fingerprint density at radius 2 is 2.07 bits per heavy atom. The van der Waals surface area contributed by atoms with Gasteiger partial charge in [-0.15, -0.1) is 0 Å². The Morgan fingerprint density at radius 1 is 1.40 bits per heavy atom. The lowest BCUT2D eigenvalue weighted by Gasteiger charge is -2.24. The number of rotatable bonds is 3. The van der Waals surface area contributed by atoms with Gasteiger partial charge in [0.15, 0.2) is 0 Å². The molecule has 1 aromatic carbocycles. The van der Waals surface area contributed by atoms with Crippen LogP contribution < -0.4 is 0 Å². The van der Waals surface area contributed by atoms with Crippen molar-refractivity contribution < 1.29 is 5.11 Å². The second-order valence-corrected chi connectivity index (χ2v) is 4.37. The predicted octanol–water partition coefficient (Wildman–Crippen LogP) is 3.13. The van der Waals surface area contributed by atoms with Crippen molar-refractivity contribution in [2.75, 3.05) is 7.05 Å². The van der Waals surface area contributed by atoms with Gasteiger partial charge in [-0.3, -0.25) is 4.99 Å². The quantitative estimate of drug-likeness (QED) is 0.755. The highest BCUT2D eigenvalue weighted by Gasteiger charge is 2.22. The van der Waals surface area contributed by atoms with Crippen molar-refractivity contribution in [1.82, 2.24) is 0 Å². The van der Waals surface area contributed by atoms with Crippen LogP contribution in [0.2, 0.25) is 0 Å². The molecular formula is C13H19NO. The molecule has 0 fully saturated rings. The van der Waals surface area contributed by atoms with Crippen molar-refractivity contribution in [3.05, 3.63) is 29.3 Å². The third-order valence-corrected chi connectivity index (χ3v) is 2.95. The first kappa shape index (κ1) is 11.8. The van der Waals surface area contributed by atoms with Gasteiger partial charge in [0.05, 0.1) is 0 Å². The van der Waals surface area contributed by atoms with Gasteiger partial charge in [-0.2, -0.15) is 0 Å². The average molecular weight is 205 g/mol. The molecule has 0 aliphatic carbocycles. The molecule has 0 heterocycles. The number of phenolic OH excluding ortho intramolecular Hbond substituents is 1. The van der Waals surface area contributed by atoms with E-state index in [0.29, 0.717) is 5.75 Å². The molecule has 0 atom stereocenters. The Balaban J connectivity index is 3.26. The van der Waals surface area contributed by atoms with E-state index in [1.165, 1.54) is 0 Å². The first-order valence-electron chi connectivity index (χ1n) is 5.27. The largest absolute Gasteiger partial charge is 0.507 e. The second kappa shape index (κ2) is 4.47. The van der Waals surface area contributed by atoms with E-state index >= 15 is 0 Å². The Kier molecular flexibility index (Phi) is 3.51. The van der Waals surface area contributed by atoms with E-state index in [1.54, 1.807) is 13.3 Å². The lowest BCUT2D eigenvalue weighted by atomic mass is 9.81. The molecule has 0 unspecified atom stereocenters. The molecule has 0 amide bonds. The van der Waals surface area contributed by atoms with Gasteiger partial charge in [0.25, 0.3) is 0 Å². The van der Waals surface area contributed by atoms with E-state index in [-0.39, 0.29) is 5.41 Å². The van der Waals surface area contributed by atoms with Crippen molar-refractivity contribution in [2.24, 2.45) is 4.99 Å². The minimum absolute atomic E-state index is 0.00166. The summed E-state index contributed by atoms with van der Waals surface area (Å²) in [6.07, 6.45) is 2.68. The molecule has 2 heteroatoms. The number of aliphatic imine (C=N–C) groups is 1. The number of hydrogen-bond acceptors (Lipinski definition) is 2. The second-order valence-electron chi connectivity index (χ2n) is 4.37. The van der Waals surface area contributed by atoms with E-state index in [4.69, 9.17) is 0 Å². The molecule has 1 aromatic rings. The zero-order valence-corrected chi connectivity index (χ0v) is 9.91. The maximum absolute atomic E-state index is 10.1. The highest BCUT2D eigenvalue weighted by atomic mass is 16.3. The molecule has 1 N–H and O–H groups in total. The van der Waals surface area contributed by atoms with E-state index in [1.807, 2.05) is 18.2 Å². The van der Waals surface area contributed by atoms with Crippen molar-refractivity contribution in [3.8, 4) is 5.75 Å². The monoisotopic (exact) mass is 205 g/mol. The molecule has 0 aliphatic rings. The number of aromatic hydroxyl groups is 1. The van der Waals surface area contributed by atoms with Gasteiger partial charge in [-0.25, -0.2) is 0 Å². The number of benzene rings is 1. The van der Waals surface area contributed by atoms with Crippen molar-refractivity contribution in [3.63, 3.8) is 0 Å². The Hall–Kier alpha value is -1.31. The van der Waals surface area contributed by atoms with Crippen LogP contribution in [0.15, 0.2) is 23.2 Å². The molecule has 0 spiro atoms. The molecule has 0 saturated carbocycles. The van der Waals surface area contributed by atoms with Gasteiger partial charge in [0, 0.05) is 24.4 Å². The van der Waals surface area contributed by atoms with Crippen LogP contribution in [-0.4, -0.2) is 18.4 Å². The summed E-state index contributed by atoms with van der Waals surface area (Å²) < 4.78 is 0. The van der Waals surface area contributed by atoms with Gasteiger partial charge in [-0.05, 0) is 17.9 Å². The predicted molar refractivity (Wildman–Crippen MR) is 64.9 cm³/mol. The fraction of sp³-hybridized carbons (Fsp3) is 0.462. The highest BCUT2D eigenvalue weighted by molar-refractivity contribution is 5.84. The van der Waals surface area contributed by atoms with Crippen LogP contribution in [0.4, 0.5) is 0 Å². The summed E-state index contributed by atoms with van der Waals surface area (Å²) >= 11 is 0. The van der Waals surface area contributed by atoms with Crippen LogP contribution in [0.5, 0.6) is 5.75 Å². The standard InChI is InChI=1S/C13H19NO/c1-5-13(2,3)11-8-6-7-10(9-14-4)12(11)15/h6-9,15H,5H2,1-4H3. The fourth-order valence-corrected chi connectivity index (χ4v) is 1.54. The molecule has 1 rings (SSSR count). The van der Waals surface area contributed by atoms with Crippen LogP contribution in [0.1, 0.15) is 38.3 Å². The summed E-state index contributed by atoms with van der Waals surface area (Å²) in [4.78, 5) is 3.93. The maximum Gasteiger partial charge on any atom is 0.128 e. The lowest BCUT2D eigenvalue weighted by molar-refractivity contribution is 0.428. The van der Waals surface area contributed by atoms with Crippen LogP contribution in [0.25, 0.3) is 0 Å². The third-order valence-electron chi connectivity index (χ3n) is 2.95. The van der Waals surface area contributed by atoms with Gasteiger partial charge >= 0.3 is 0 Å². The first-order valence-corrected chi connectivity index (χ1v) is 5.27. The molecule has 0 aliphatic heterocycles. The molecule has 0 saturated heterocycles. The Morgan fingerprint density at radius 3 is 2.60 bits per heavy atom. The summed E-state index contributed by atoms with van der Waals surface area (Å²) in [7, 11) is 1.71. The minimum Gasteiger partial charge on any atom is -0.507 e. The Labute approximate surface area is 91.7 Å². The normalized spacial score (nSPS) is 12.3. The molecule has 0 radical (unpaired) electrons. The van der Waals surface area contributed by atoms with E-state index in [0.717, 1.165) is 17.5 Å². The average Bonchev–Trinajstić information content (AvgIpc) is 2.21. The van der Waals surface area contributed by atoms with E-state index in [2.05, 4.69) is 25.8 Å². The van der Waals surface area contributed by atoms with Gasteiger partial charge in [0.1, 0.15) is 5.75 Å². The number of phenols is 1. The minimum atomic E-state index is 0.00166. The molecule has 2 nitrogen and oxygen atoms in total. The summed E-state index contributed by atoms with van der Waals surface area (Å²) in [5, 5.41) is 10.1. The van der Waals surface area contributed by atoms with Gasteiger partial charge in [0.2, 0.25) is 0 Å². The maximum atomic E-state index is 10.1. The van der Waals surface area contributed by atoms with Gasteiger partial charge in [-0.1, -0.05) is 32.9 Å².